The fourth-order valence-corrected chi connectivity index (χ4v) is 4.68. The summed E-state index contributed by atoms with van der Waals surface area (Å²) < 4.78 is 39.0. The first-order valence-corrected chi connectivity index (χ1v) is 13.8. The number of halogens is 1. The molecule has 0 amide bonds. The molecule has 0 saturated carbocycles. The molecule has 41 heavy (non-hydrogen) atoms. The van der Waals surface area contributed by atoms with Crippen molar-refractivity contribution in [3.05, 3.63) is 80.3 Å². The molecule has 0 aromatic heterocycles. The zero-order valence-electron chi connectivity index (χ0n) is 24.1. The Bertz CT molecular complexity index is 1360. The molecule has 0 aliphatic carbocycles. The van der Waals surface area contributed by atoms with E-state index in [2.05, 4.69) is 15.9 Å². The van der Waals surface area contributed by atoms with Gasteiger partial charge in [-0.15, -0.1) is 0 Å². The van der Waals surface area contributed by atoms with Crippen LogP contribution in [0.2, 0.25) is 0 Å². The van der Waals surface area contributed by atoms with Gasteiger partial charge in [-0.1, -0.05) is 37.3 Å². The van der Waals surface area contributed by atoms with Gasteiger partial charge < -0.3 is 33.2 Å². The van der Waals surface area contributed by atoms with Gasteiger partial charge in [0.05, 0.1) is 6.61 Å². The minimum Gasteiger partial charge on any atom is -0.493 e. The number of carbonyl (C=O) groups is 2. The predicted octanol–water partition coefficient (Wildman–Crippen LogP) is 6.70. The van der Waals surface area contributed by atoms with Gasteiger partial charge in [-0.2, -0.15) is 0 Å². The van der Waals surface area contributed by atoms with E-state index in [4.69, 9.17) is 33.2 Å². The Labute approximate surface area is 248 Å². The second kappa shape index (κ2) is 15.4. The molecular weight excluding hydrogens is 596 g/mol. The third kappa shape index (κ3) is 8.00. The summed E-state index contributed by atoms with van der Waals surface area (Å²) in [6.07, 6.45) is 0.743. The summed E-state index contributed by atoms with van der Waals surface area (Å²) in [6.45, 7) is 7.59. The lowest BCUT2D eigenvalue weighted by molar-refractivity contribution is -0.0133. The molecule has 10 heteroatoms. The molecule has 0 aliphatic rings. The second-order valence-electron chi connectivity index (χ2n) is 9.11. The summed E-state index contributed by atoms with van der Waals surface area (Å²) in [5, 5.41) is 0. The van der Waals surface area contributed by atoms with E-state index in [0.29, 0.717) is 41.4 Å². The quantitative estimate of drug-likeness (QED) is 0.109. The highest BCUT2D eigenvalue weighted by atomic mass is 79.9. The molecule has 0 N–H and O–H groups in total. The molecule has 0 aliphatic heterocycles. The molecule has 0 atom stereocenters. The average molecular weight is 632 g/mol. The Morgan fingerprint density at radius 3 is 2.17 bits per heavy atom. The van der Waals surface area contributed by atoms with E-state index in [1.54, 1.807) is 32.9 Å². The number of benzene rings is 3. The van der Waals surface area contributed by atoms with Crippen LogP contribution in [-0.4, -0.2) is 46.4 Å². The maximum absolute atomic E-state index is 13.7. The Hall–Kier alpha value is -3.60. The van der Waals surface area contributed by atoms with Gasteiger partial charge >= 0.3 is 11.9 Å². The Morgan fingerprint density at radius 2 is 1.51 bits per heavy atom. The molecule has 0 spiro atoms. The first kappa shape index (κ1) is 31.9. The van der Waals surface area contributed by atoms with Crippen molar-refractivity contribution in [1.82, 2.24) is 0 Å². The number of hydrogen-bond acceptors (Lipinski definition) is 9. The minimum absolute atomic E-state index is 0.114. The van der Waals surface area contributed by atoms with Crippen LogP contribution >= 0.6 is 15.9 Å². The molecule has 9 nitrogen and oxygen atoms in total. The van der Waals surface area contributed by atoms with Crippen molar-refractivity contribution in [2.45, 2.75) is 40.7 Å². The molecule has 0 heterocycles. The lowest BCUT2D eigenvalue weighted by Gasteiger charge is -2.21. The van der Waals surface area contributed by atoms with Crippen molar-refractivity contribution in [2.24, 2.45) is 0 Å². The van der Waals surface area contributed by atoms with Crippen molar-refractivity contribution >= 4 is 27.9 Å². The summed E-state index contributed by atoms with van der Waals surface area (Å²) in [6, 6.07) is 13.2. The third-order valence-corrected chi connectivity index (χ3v) is 6.84. The van der Waals surface area contributed by atoms with Crippen LogP contribution in [0.3, 0.4) is 0 Å². The van der Waals surface area contributed by atoms with Gasteiger partial charge in [0.15, 0.2) is 25.1 Å². The Kier molecular flexibility index (Phi) is 12.0. The highest BCUT2D eigenvalue weighted by molar-refractivity contribution is 9.10. The van der Waals surface area contributed by atoms with Gasteiger partial charge in [-0.05, 0) is 71.4 Å². The topological polar surface area (TPSA) is 98.8 Å². The molecule has 3 aromatic rings. The van der Waals surface area contributed by atoms with Gasteiger partial charge in [-0.3, -0.25) is 0 Å². The molecule has 220 valence electrons. The van der Waals surface area contributed by atoms with Gasteiger partial charge in [0.25, 0.3) is 0 Å². The summed E-state index contributed by atoms with van der Waals surface area (Å²) >= 11 is 3.47. The van der Waals surface area contributed by atoms with E-state index >= 15 is 0 Å². The molecule has 0 saturated heterocycles. The van der Waals surface area contributed by atoms with Crippen LogP contribution in [0, 0.1) is 20.8 Å². The lowest BCUT2D eigenvalue weighted by Crippen LogP contribution is -2.17. The summed E-state index contributed by atoms with van der Waals surface area (Å²) in [7, 11) is 2.86. The fourth-order valence-electron chi connectivity index (χ4n) is 3.99. The average Bonchev–Trinajstić information content (AvgIpc) is 2.97. The smallest absolute Gasteiger partial charge is 0.347 e. The van der Waals surface area contributed by atoms with Crippen LogP contribution in [0.4, 0.5) is 0 Å². The molecule has 0 unspecified atom stereocenters. The number of rotatable bonds is 14. The number of aryl methyl sites for hydroxylation is 1. The Balaban J connectivity index is 1.99. The SMILES string of the molecule is CCCOc1cc(OCc2ccccc2)cc(C)c1C(=O)Oc1c(C)c(C)c(C(=O)OCOC)c(OCOC)c1Br. The van der Waals surface area contributed by atoms with Crippen molar-refractivity contribution in [3.63, 3.8) is 0 Å². The second-order valence-corrected chi connectivity index (χ2v) is 9.90. The van der Waals surface area contributed by atoms with Gasteiger partial charge in [-0.25, -0.2) is 9.59 Å². The first-order valence-electron chi connectivity index (χ1n) is 13.0. The van der Waals surface area contributed by atoms with Gasteiger partial charge in [0.1, 0.15) is 33.7 Å². The highest BCUT2D eigenvalue weighted by Crippen LogP contribution is 2.44. The van der Waals surface area contributed by atoms with Crippen molar-refractivity contribution < 1.29 is 42.7 Å². The molecule has 3 aromatic carbocycles. The zero-order valence-corrected chi connectivity index (χ0v) is 25.7. The van der Waals surface area contributed by atoms with Crippen LogP contribution in [0.25, 0.3) is 0 Å². The van der Waals surface area contributed by atoms with E-state index in [0.717, 1.165) is 12.0 Å². The normalized spacial score (nSPS) is 10.7. The standard InChI is InChI=1S/C31H35BrO9/c1-7-13-37-24-15-23(38-16-22-11-9-8-10-12-22)14-19(2)25(24)31(34)41-28-21(4)20(3)26(30(33)40-18-36-6)29(27(28)32)39-17-35-5/h8-12,14-15H,7,13,16-18H2,1-6H3. The fraction of sp³-hybridized carbons (Fsp3) is 0.355. The van der Waals surface area contributed by atoms with Crippen LogP contribution in [-0.2, 0) is 20.8 Å². The third-order valence-electron chi connectivity index (χ3n) is 6.12. The molecule has 3 rings (SSSR count). The zero-order chi connectivity index (χ0) is 29.9. The number of esters is 2. The van der Waals surface area contributed by atoms with Gasteiger partial charge in [0.2, 0.25) is 0 Å². The summed E-state index contributed by atoms with van der Waals surface area (Å²) in [4.78, 5) is 26.5. The first-order chi connectivity index (χ1) is 19.7. The van der Waals surface area contributed by atoms with Crippen LogP contribution < -0.4 is 18.9 Å². The maximum atomic E-state index is 13.7. The highest BCUT2D eigenvalue weighted by Gasteiger charge is 2.29. The summed E-state index contributed by atoms with van der Waals surface area (Å²) in [5.41, 5.74) is 3.10. The monoisotopic (exact) mass is 630 g/mol. The van der Waals surface area contributed by atoms with Crippen molar-refractivity contribution in [1.29, 1.82) is 0 Å². The Morgan fingerprint density at radius 1 is 0.805 bits per heavy atom. The van der Waals surface area contributed by atoms with E-state index in [1.807, 2.05) is 37.3 Å². The van der Waals surface area contributed by atoms with E-state index in [-0.39, 0.29) is 40.7 Å². The molecule has 0 radical (unpaired) electrons. The van der Waals surface area contributed by atoms with E-state index < -0.39 is 11.9 Å². The molecule has 0 bridgehead atoms. The number of methoxy groups -OCH3 is 2. The van der Waals surface area contributed by atoms with E-state index in [1.165, 1.54) is 14.2 Å². The minimum atomic E-state index is -0.658. The van der Waals surface area contributed by atoms with E-state index in [9.17, 15) is 9.59 Å². The van der Waals surface area contributed by atoms with Crippen molar-refractivity contribution in [2.75, 3.05) is 34.4 Å². The maximum Gasteiger partial charge on any atom is 0.347 e. The van der Waals surface area contributed by atoms with Crippen LogP contribution in [0.1, 0.15) is 56.3 Å². The van der Waals surface area contributed by atoms with Gasteiger partial charge in [0, 0.05) is 20.3 Å². The number of hydrogen-bond donors (Lipinski definition) is 0. The number of ether oxygens (including phenoxy) is 7. The van der Waals surface area contributed by atoms with Crippen LogP contribution in [0.15, 0.2) is 46.9 Å². The molecule has 0 fully saturated rings. The summed E-state index contributed by atoms with van der Waals surface area (Å²) in [5.74, 6) is -0.0830. The van der Waals surface area contributed by atoms with Crippen molar-refractivity contribution in [3.8, 4) is 23.0 Å². The largest absolute Gasteiger partial charge is 0.493 e. The lowest BCUT2D eigenvalue weighted by atomic mass is 10.0. The predicted molar refractivity (Wildman–Crippen MR) is 156 cm³/mol. The van der Waals surface area contributed by atoms with Crippen LogP contribution in [0.5, 0.6) is 23.0 Å². The number of carbonyl (C=O) groups excluding carboxylic acids is 2. The molecular formula is C31H35BrO9.